The van der Waals surface area contributed by atoms with Gasteiger partial charge >= 0.3 is 0 Å². The molecule has 4 nitrogen and oxygen atoms in total. The minimum absolute atomic E-state index is 0.332. The molecule has 0 spiro atoms. The summed E-state index contributed by atoms with van der Waals surface area (Å²) in [5.74, 6) is 0.819. The van der Waals surface area contributed by atoms with Crippen molar-refractivity contribution in [3.05, 3.63) is 59.4 Å². The number of pyridine rings is 1. The lowest BCUT2D eigenvalue weighted by Crippen LogP contribution is -2.39. The maximum atomic E-state index is 10.8. The van der Waals surface area contributed by atoms with E-state index < -0.39 is 5.60 Å². The molecule has 1 atom stereocenters. The number of likely N-dealkylation sites (tertiary alicyclic amines) is 1. The molecule has 0 amide bonds. The number of rotatable bonds is 5. The van der Waals surface area contributed by atoms with Crippen molar-refractivity contribution < 1.29 is 9.84 Å². The Kier molecular flexibility index (Phi) is 4.64. The van der Waals surface area contributed by atoms with Crippen LogP contribution in [0.2, 0.25) is 0 Å². The first kappa shape index (κ1) is 16.0. The molecule has 3 rings (SSSR count). The van der Waals surface area contributed by atoms with Gasteiger partial charge in [0.05, 0.1) is 0 Å². The Morgan fingerprint density at radius 1 is 1.26 bits per heavy atom. The second-order valence-corrected chi connectivity index (χ2v) is 6.54. The summed E-state index contributed by atoms with van der Waals surface area (Å²) in [6.07, 6.45) is 2.55. The Hall–Kier alpha value is -1.91. The highest BCUT2D eigenvalue weighted by Gasteiger charge is 2.36. The van der Waals surface area contributed by atoms with Crippen LogP contribution < -0.4 is 4.74 Å². The zero-order valence-corrected chi connectivity index (χ0v) is 13.8. The van der Waals surface area contributed by atoms with Gasteiger partial charge in [0.2, 0.25) is 0 Å². The van der Waals surface area contributed by atoms with E-state index in [1.807, 2.05) is 50.4 Å². The summed E-state index contributed by atoms with van der Waals surface area (Å²) in [5, 5.41) is 10.8. The highest BCUT2D eigenvalue weighted by atomic mass is 16.5. The highest BCUT2D eigenvalue weighted by molar-refractivity contribution is 5.27. The first-order chi connectivity index (χ1) is 11.0. The summed E-state index contributed by atoms with van der Waals surface area (Å²) in [5.41, 5.74) is 2.66. The van der Waals surface area contributed by atoms with Gasteiger partial charge in [0.25, 0.3) is 0 Å². The van der Waals surface area contributed by atoms with E-state index in [0.717, 1.165) is 36.5 Å². The molecule has 0 aliphatic carbocycles. The Bertz CT molecular complexity index is 674. The SMILES string of the molecule is Cc1cccc(OC[C@@]2(O)CCN(Cc3cccnc3C)C2)c1. The molecule has 1 aliphatic rings. The Morgan fingerprint density at radius 3 is 2.91 bits per heavy atom. The van der Waals surface area contributed by atoms with Crippen LogP contribution in [0.3, 0.4) is 0 Å². The van der Waals surface area contributed by atoms with Crippen molar-refractivity contribution in [2.75, 3.05) is 19.7 Å². The van der Waals surface area contributed by atoms with Crippen LogP contribution in [0.25, 0.3) is 0 Å². The molecule has 1 aromatic heterocycles. The molecule has 2 heterocycles. The van der Waals surface area contributed by atoms with Crippen LogP contribution >= 0.6 is 0 Å². The molecule has 0 bridgehead atoms. The molecule has 1 N–H and O–H groups in total. The number of hydrogen-bond acceptors (Lipinski definition) is 4. The van der Waals surface area contributed by atoms with Crippen molar-refractivity contribution in [3.8, 4) is 5.75 Å². The normalized spacial score (nSPS) is 21.5. The molecule has 1 saturated heterocycles. The summed E-state index contributed by atoms with van der Waals surface area (Å²) in [6, 6.07) is 12.0. The minimum atomic E-state index is -0.778. The van der Waals surface area contributed by atoms with Crippen LogP contribution in [0.4, 0.5) is 0 Å². The van der Waals surface area contributed by atoms with Gasteiger partial charge in [0.1, 0.15) is 18.0 Å². The fourth-order valence-corrected chi connectivity index (χ4v) is 3.04. The van der Waals surface area contributed by atoms with Gasteiger partial charge in [-0.3, -0.25) is 9.88 Å². The van der Waals surface area contributed by atoms with Crippen molar-refractivity contribution in [2.24, 2.45) is 0 Å². The zero-order chi connectivity index (χ0) is 16.3. The third-order valence-corrected chi connectivity index (χ3v) is 4.42. The summed E-state index contributed by atoms with van der Waals surface area (Å²) in [4.78, 5) is 6.60. The molecule has 122 valence electrons. The van der Waals surface area contributed by atoms with E-state index in [1.54, 1.807) is 0 Å². The second-order valence-electron chi connectivity index (χ2n) is 6.54. The largest absolute Gasteiger partial charge is 0.491 e. The van der Waals surface area contributed by atoms with Crippen molar-refractivity contribution in [1.82, 2.24) is 9.88 Å². The first-order valence-electron chi connectivity index (χ1n) is 8.09. The number of aliphatic hydroxyl groups is 1. The van der Waals surface area contributed by atoms with E-state index in [2.05, 4.69) is 16.0 Å². The third kappa shape index (κ3) is 4.09. The van der Waals surface area contributed by atoms with Crippen LogP contribution in [-0.4, -0.2) is 40.3 Å². The molecule has 2 aromatic rings. The molecule has 23 heavy (non-hydrogen) atoms. The minimum Gasteiger partial charge on any atom is -0.491 e. The molecule has 0 unspecified atom stereocenters. The Labute approximate surface area is 137 Å². The monoisotopic (exact) mass is 312 g/mol. The number of hydrogen-bond donors (Lipinski definition) is 1. The maximum Gasteiger partial charge on any atom is 0.119 e. The topological polar surface area (TPSA) is 45.6 Å². The summed E-state index contributed by atoms with van der Waals surface area (Å²) in [6.45, 7) is 6.73. The average Bonchev–Trinajstić information content (AvgIpc) is 2.90. The lowest BCUT2D eigenvalue weighted by molar-refractivity contribution is 0.00334. The molecule has 1 fully saturated rings. The quantitative estimate of drug-likeness (QED) is 0.922. The van der Waals surface area contributed by atoms with Gasteiger partial charge in [-0.05, 0) is 49.6 Å². The fourth-order valence-electron chi connectivity index (χ4n) is 3.04. The van der Waals surface area contributed by atoms with Crippen LogP contribution in [0, 0.1) is 13.8 Å². The highest BCUT2D eigenvalue weighted by Crippen LogP contribution is 2.25. The van der Waals surface area contributed by atoms with Crippen molar-refractivity contribution in [2.45, 2.75) is 32.4 Å². The molecular formula is C19H24N2O2. The molecule has 1 aromatic carbocycles. The summed E-state index contributed by atoms with van der Waals surface area (Å²) < 4.78 is 5.81. The average molecular weight is 312 g/mol. The van der Waals surface area contributed by atoms with Gasteiger partial charge in [0.15, 0.2) is 0 Å². The zero-order valence-electron chi connectivity index (χ0n) is 13.8. The Balaban J connectivity index is 1.56. The van der Waals surface area contributed by atoms with Crippen LogP contribution in [0.1, 0.15) is 23.2 Å². The summed E-state index contributed by atoms with van der Waals surface area (Å²) >= 11 is 0. The first-order valence-corrected chi connectivity index (χ1v) is 8.09. The summed E-state index contributed by atoms with van der Waals surface area (Å²) in [7, 11) is 0. The van der Waals surface area contributed by atoms with Crippen molar-refractivity contribution >= 4 is 0 Å². The van der Waals surface area contributed by atoms with Gasteiger partial charge in [-0.25, -0.2) is 0 Å². The molecule has 4 heteroatoms. The number of ether oxygens (including phenoxy) is 1. The van der Waals surface area contributed by atoms with Crippen molar-refractivity contribution in [3.63, 3.8) is 0 Å². The molecule has 0 saturated carbocycles. The smallest absolute Gasteiger partial charge is 0.119 e. The fraction of sp³-hybridized carbons (Fsp3) is 0.421. The van der Waals surface area contributed by atoms with Gasteiger partial charge in [0, 0.05) is 31.5 Å². The number of aromatic nitrogens is 1. The third-order valence-electron chi connectivity index (χ3n) is 4.42. The van der Waals surface area contributed by atoms with E-state index in [1.165, 1.54) is 5.56 Å². The van der Waals surface area contributed by atoms with Gasteiger partial charge < -0.3 is 9.84 Å². The van der Waals surface area contributed by atoms with E-state index in [0.29, 0.717) is 13.2 Å². The van der Waals surface area contributed by atoms with Crippen LogP contribution in [-0.2, 0) is 6.54 Å². The van der Waals surface area contributed by atoms with Crippen LogP contribution in [0.15, 0.2) is 42.6 Å². The van der Waals surface area contributed by atoms with Crippen LogP contribution in [0.5, 0.6) is 5.75 Å². The molecule has 0 radical (unpaired) electrons. The number of nitrogens with zero attached hydrogens (tertiary/aromatic N) is 2. The maximum absolute atomic E-state index is 10.8. The predicted molar refractivity (Wildman–Crippen MR) is 90.5 cm³/mol. The molecule has 1 aliphatic heterocycles. The van der Waals surface area contributed by atoms with Crippen molar-refractivity contribution in [1.29, 1.82) is 0 Å². The van der Waals surface area contributed by atoms with E-state index in [-0.39, 0.29) is 0 Å². The molecular weight excluding hydrogens is 288 g/mol. The number of aryl methyl sites for hydroxylation is 2. The number of benzene rings is 1. The predicted octanol–water partition coefficient (Wildman–Crippen LogP) is 2.71. The second kappa shape index (κ2) is 6.69. The van der Waals surface area contributed by atoms with E-state index in [4.69, 9.17) is 4.74 Å². The van der Waals surface area contributed by atoms with Gasteiger partial charge in [-0.1, -0.05) is 18.2 Å². The standard InChI is InChI=1S/C19H24N2O2/c1-15-5-3-7-18(11-15)23-14-19(22)8-10-21(13-19)12-17-6-4-9-20-16(17)2/h3-7,9,11,22H,8,10,12-14H2,1-2H3/t19-/m1/s1. The van der Waals surface area contributed by atoms with Gasteiger partial charge in [-0.2, -0.15) is 0 Å². The lowest BCUT2D eigenvalue weighted by Gasteiger charge is -2.24. The number of β-amino-alcohol motifs (C(OH)–C–C–N with tert-alkyl or cyclic N) is 1. The van der Waals surface area contributed by atoms with E-state index >= 15 is 0 Å². The van der Waals surface area contributed by atoms with E-state index in [9.17, 15) is 5.11 Å². The van der Waals surface area contributed by atoms with Gasteiger partial charge in [-0.15, -0.1) is 0 Å². The lowest BCUT2D eigenvalue weighted by atomic mass is 10.1. The Morgan fingerprint density at radius 2 is 2.13 bits per heavy atom.